The molecule has 24 heavy (non-hydrogen) atoms. The molecule has 0 aromatic heterocycles. The molecule has 0 bridgehead atoms. The van der Waals surface area contributed by atoms with E-state index in [0.717, 1.165) is 32.8 Å². The molecule has 2 aromatic rings. The molecule has 2 amide bonds. The Morgan fingerprint density at radius 2 is 2.00 bits per heavy atom. The molecule has 0 spiro atoms. The summed E-state index contributed by atoms with van der Waals surface area (Å²) in [6.07, 6.45) is 1.67. The fraction of sp³-hybridized carbons (Fsp3) is 0.0588. The fourth-order valence-electron chi connectivity index (χ4n) is 2.20. The normalized spacial score (nSPS) is 16.3. The highest BCUT2D eigenvalue weighted by molar-refractivity contribution is 9.10. The molecule has 122 valence electrons. The van der Waals surface area contributed by atoms with Crippen LogP contribution in [0.4, 0.5) is 9.18 Å². The molecule has 2 aromatic carbocycles. The van der Waals surface area contributed by atoms with Gasteiger partial charge in [0.25, 0.3) is 11.1 Å². The fourth-order valence-corrected chi connectivity index (χ4v) is 3.69. The van der Waals surface area contributed by atoms with Crippen molar-refractivity contribution >= 4 is 56.5 Å². The van der Waals surface area contributed by atoms with Crippen LogP contribution in [0.15, 0.2) is 51.8 Å². The predicted octanol–water partition coefficient (Wildman–Crippen LogP) is 5.48. The largest absolute Gasteiger partial charge is 0.293 e. The maximum Gasteiger partial charge on any atom is 0.293 e. The van der Waals surface area contributed by atoms with Crippen molar-refractivity contribution in [3.05, 3.63) is 73.8 Å². The molecule has 1 aliphatic heterocycles. The number of carbonyl (C=O) groups excluding carboxylic acids is 2. The molecule has 3 nitrogen and oxygen atoms in total. The molecule has 3 rings (SSSR count). The number of thioether (sulfide) groups is 1. The minimum Gasteiger partial charge on any atom is -0.268 e. The number of nitrogens with zero attached hydrogens (tertiary/aromatic N) is 1. The zero-order chi connectivity index (χ0) is 17.3. The molecule has 1 fully saturated rings. The first-order valence-corrected chi connectivity index (χ1v) is 8.87. The van der Waals surface area contributed by atoms with Gasteiger partial charge in [-0.3, -0.25) is 14.5 Å². The average Bonchev–Trinajstić information content (AvgIpc) is 2.77. The monoisotopic (exact) mass is 425 g/mol. The van der Waals surface area contributed by atoms with Crippen molar-refractivity contribution in [1.29, 1.82) is 0 Å². The van der Waals surface area contributed by atoms with Gasteiger partial charge in [0.1, 0.15) is 5.82 Å². The number of rotatable bonds is 3. The van der Waals surface area contributed by atoms with Crippen molar-refractivity contribution in [2.24, 2.45) is 0 Å². The van der Waals surface area contributed by atoms with E-state index in [1.807, 2.05) is 24.3 Å². The molecule has 1 heterocycles. The third-order valence-electron chi connectivity index (χ3n) is 3.36. The van der Waals surface area contributed by atoms with Gasteiger partial charge in [-0.2, -0.15) is 0 Å². The van der Waals surface area contributed by atoms with E-state index in [4.69, 9.17) is 11.6 Å². The van der Waals surface area contributed by atoms with Crippen LogP contribution in [0.1, 0.15) is 11.1 Å². The van der Waals surface area contributed by atoms with Gasteiger partial charge >= 0.3 is 0 Å². The number of benzene rings is 2. The van der Waals surface area contributed by atoms with Crippen LogP contribution in [0.2, 0.25) is 5.02 Å². The minimum atomic E-state index is -0.465. The number of carbonyl (C=O) groups is 2. The SMILES string of the molecule is O=C1S/C(=C\c2cccc(Br)c2)C(=O)N1Cc1ccc(F)cc1Cl. The Kier molecular flexibility index (Phi) is 5.08. The zero-order valence-corrected chi connectivity index (χ0v) is 15.3. The third kappa shape index (κ3) is 3.71. The Morgan fingerprint density at radius 1 is 1.21 bits per heavy atom. The summed E-state index contributed by atoms with van der Waals surface area (Å²) in [7, 11) is 0. The van der Waals surface area contributed by atoms with Crippen LogP contribution in [-0.2, 0) is 11.3 Å². The molecule has 0 atom stereocenters. The molecule has 0 radical (unpaired) electrons. The van der Waals surface area contributed by atoms with E-state index in [-0.39, 0.29) is 22.7 Å². The molecule has 1 aliphatic rings. The minimum absolute atomic E-state index is 0.0135. The highest BCUT2D eigenvalue weighted by Gasteiger charge is 2.35. The van der Waals surface area contributed by atoms with E-state index >= 15 is 0 Å². The Bertz CT molecular complexity index is 871. The van der Waals surface area contributed by atoms with E-state index in [0.29, 0.717) is 10.5 Å². The van der Waals surface area contributed by atoms with Crippen molar-refractivity contribution in [2.45, 2.75) is 6.54 Å². The third-order valence-corrected chi connectivity index (χ3v) is 5.12. The summed E-state index contributed by atoms with van der Waals surface area (Å²) in [6.45, 7) is 0.0135. The molecule has 1 saturated heterocycles. The van der Waals surface area contributed by atoms with Gasteiger partial charge in [-0.15, -0.1) is 0 Å². The maximum atomic E-state index is 13.1. The Hall–Kier alpha value is -1.63. The maximum absolute atomic E-state index is 13.1. The van der Waals surface area contributed by atoms with E-state index < -0.39 is 5.82 Å². The van der Waals surface area contributed by atoms with Gasteiger partial charge in [0, 0.05) is 9.50 Å². The Balaban J connectivity index is 1.84. The summed E-state index contributed by atoms with van der Waals surface area (Å²) in [5.41, 5.74) is 1.33. The lowest BCUT2D eigenvalue weighted by molar-refractivity contribution is -0.123. The lowest BCUT2D eigenvalue weighted by Crippen LogP contribution is -2.27. The number of hydrogen-bond acceptors (Lipinski definition) is 3. The average molecular weight is 427 g/mol. The predicted molar refractivity (Wildman–Crippen MR) is 97.1 cm³/mol. The van der Waals surface area contributed by atoms with Gasteiger partial charge in [0.2, 0.25) is 0 Å². The summed E-state index contributed by atoms with van der Waals surface area (Å²) in [5.74, 6) is -0.849. The first kappa shape index (κ1) is 17.2. The molecule has 0 N–H and O–H groups in total. The second-order valence-electron chi connectivity index (χ2n) is 5.06. The van der Waals surface area contributed by atoms with Crippen LogP contribution in [0, 0.1) is 5.82 Å². The topological polar surface area (TPSA) is 37.4 Å². The smallest absolute Gasteiger partial charge is 0.268 e. The van der Waals surface area contributed by atoms with Gasteiger partial charge < -0.3 is 0 Å². The second kappa shape index (κ2) is 7.09. The van der Waals surface area contributed by atoms with E-state index in [1.165, 1.54) is 12.1 Å². The summed E-state index contributed by atoms with van der Waals surface area (Å²) in [6, 6.07) is 11.3. The van der Waals surface area contributed by atoms with Gasteiger partial charge in [-0.05, 0) is 53.2 Å². The molecular weight excluding hydrogens is 417 g/mol. The van der Waals surface area contributed by atoms with Crippen LogP contribution in [-0.4, -0.2) is 16.0 Å². The van der Waals surface area contributed by atoms with E-state index in [1.54, 1.807) is 6.08 Å². The lowest BCUT2D eigenvalue weighted by atomic mass is 10.2. The van der Waals surface area contributed by atoms with E-state index in [2.05, 4.69) is 15.9 Å². The first-order valence-electron chi connectivity index (χ1n) is 6.89. The quantitative estimate of drug-likeness (QED) is 0.610. The van der Waals surface area contributed by atoms with Crippen molar-refractivity contribution in [1.82, 2.24) is 4.90 Å². The number of imide groups is 1. The molecule has 0 saturated carbocycles. The van der Waals surface area contributed by atoms with Gasteiger partial charge in [-0.1, -0.05) is 45.7 Å². The van der Waals surface area contributed by atoms with Crippen molar-refractivity contribution in [3.63, 3.8) is 0 Å². The molecular formula is C17H10BrClFNO2S. The summed E-state index contributed by atoms with van der Waals surface area (Å²) in [5, 5.41) is -0.188. The summed E-state index contributed by atoms with van der Waals surface area (Å²) < 4.78 is 14.0. The van der Waals surface area contributed by atoms with Gasteiger partial charge in [0.05, 0.1) is 11.4 Å². The van der Waals surface area contributed by atoms with Gasteiger partial charge in [0.15, 0.2) is 0 Å². The first-order chi connectivity index (χ1) is 11.4. The van der Waals surface area contributed by atoms with Crippen LogP contribution in [0.25, 0.3) is 6.08 Å². The number of halogens is 3. The van der Waals surface area contributed by atoms with Gasteiger partial charge in [-0.25, -0.2) is 4.39 Å². The summed E-state index contributed by atoms with van der Waals surface area (Å²) in [4.78, 5) is 26.1. The van der Waals surface area contributed by atoms with Crippen molar-refractivity contribution in [3.8, 4) is 0 Å². The number of amides is 2. The van der Waals surface area contributed by atoms with Crippen molar-refractivity contribution < 1.29 is 14.0 Å². The highest BCUT2D eigenvalue weighted by Crippen LogP contribution is 2.34. The summed E-state index contributed by atoms with van der Waals surface area (Å²) >= 11 is 10.2. The number of hydrogen-bond donors (Lipinski definition) is 0. The lowest BCUT2D eigenvalue weighted by Gasteiger charge is -2.13. The van der Waals surface area contributed by atoms with Crippen LogP contribution in [0.3, 0.4) is 0 Å². The molecule has 0 unspecified atom stereocenters. The molecule has 7 heteroatoms. The Morgan fingerprint density at radius 3 is 2.71 bits per heavy atom. The zero-order valence-electron chi connectivity index (χ0n) is 12.1. The Labute approximate surface area is 155 Å². The molecule has 0 aliphatic carbocycles. The highest BCUT2D eigenvalue weighted by atomic mass is 79.9. The van der Waals surface area contributed by atoms with Crippen molar-refractivity contribution in [2.75, 3.05) is 0 Å². The van der Waals surface area contributed by atoms with Crippen LogP contribution < -0.4 is 0 Å². The van der Waals surface area contributed by atoms with Crippen LogP contribution >= 0.6 is 39.3 Å². The van der Waals surface area contributed by atoms with E-state index in [9.17, 15) is 14.0 Å². The second-order valence-corrected chi connectivity index (χ2v) is 7.37. The van der Waals surface area contributed by atoms with Crippen LogP contribution in [0.5, 0.6) is 0 Å². The standard InChI is InChI=1S/C17H10BrClFNO2S/c18-12-3-1-2-10(6-12)7-15-16(22)21(17(23)24-15)9-11-4-5-13(20)8-14(11)19/h1-8H,9H2/b15-7-.